The van der Waals surface area contributed by atoms with Gasteiger partial charge in [-0.15, -0.1) is 0 Å². The van der Waals surface area contributed by atoms with Crippen molar-refractivity contribution < 1.29 is 9.18 Å². The molecule has 2 N–H and O–H groups in total. The van der Waals surface area contributed by atoms with Crippen molar-refractivity contribution in [2.75, 3.05) is 6.54 Å². The summed E-state index contributed by atoms with van der Waals surface area (Å²) in [5, 5.41) is 0. The summed E-state index contributed by atoms with van der Waals surface area (Å²) in [6, 6.07) is 4.64. The minimum absolute atomic E-state index is 0.202. The number of likely N-dealkylation sites (tertiary alicyclic amines) is 1. The van der Waals surface area contributed by atoms with Crippen molar-refractivity contribution in [2.45, 2.75) is 45.7 Å². The van der Waals surface area contributed by atoms with Crippen LogP contribution in [0.1, 0.15) is 43.7 Å². The third-order valence-electron chi connectivity index (χ3n) is 4.25. The van der Waals surface area contributed by atoms with Gasteiger partial charge in [0.05, 0.1) is 0 Å². The van der Waals surface area contributed by atoms with E-state index in [1.54, 1.807) is 6.07 Å². The van der Waals surface area contributed by atoms with Crippen molar-refractivity contribution >= 4 is 5.91 Å². The highest BCUT2D eigenvalue weighted by atomic mass is 19.1. The second-order valence-corrected chi connectivity index (χ2v) is 5.53. The van der Waals surface area contributed by atoms with E-state index in [0.717, 1.165) is 36.9 Å². The molecule has 0 aliphatic carbocycles. The van der Waals surface area contributed by atoms with Gasteiger partial charge in [0.1, 0.15) is 5.82 Å². The molecular weight excluding hydrogens is 255 g/mol. The van der Waals surface area contributed by atoms with Crippen LogP contribution < -0.4 is 5.73 Å². The molecule has 1 saturated heterocycles. The van der Waals surface area contributed by atoms with E-state index in [1.165, 1.54) is 12.1 Å². The van der Waals surface area contributed by atoms with Gasteiger partial charge >= 0.3 is 0 Å². The number of carbonyl (C=O) groups is 1. The molecule has 0 spiro atoms. The van der Waals surface area contributed by atoms with Gasteiger partial charge in [0.15, 0.2) is 0 Å². The fourth-order valence-electron chi connectivity index (χ4n) is 2.81. The molecule has 1 aromatic carbocycles. The Balaban J connectivity index is 2.10. The van der Waals surface area contributed by atoms with Crippen LogP contribution in [0.5, 0.6) is 0 Å². The zero-order valence-corrected chi connectivity index (χ0v) is 12.1. The lowest BCUT2D eigenvalue weighted by Crippen LogP contribution is -2.30. The smallest absolute Gasteiger partial charge is 0.222 e. The quantitative estimate of drug-likeness (QED) is 0.920. The second-order valence-electron chi connectivity index (χ2n) is 5.53. The number of benzene rings is 1. The summed E-state index contributed by atoms with van der Waals surface area (Å²) in [4.78, 5) is 14.1. The van der Waals surface area contributed by atoms with E-state index in [9.17, 15) is 9.18 Å². The van der Waals surface area contributed by atoms with Crippen molar-refractivity contribution in [2.24, 2.45) is 11.7 Å². The maximum Gasteiger partial charge on any atom is 0.222 e. The molecule has 3 nitrogen and oxygen atoms in total. The summed E-state index contributed by atoms with van der Waals surface area (Å²) in [7, 11) is 0. The predicted octanol–water partition coefficient (Wildman–Crippen LogP) is 2.82. The first-order valence-corrected chi connectivity index (χ1v) is 7.39. The number of amides is 1. The van der Waals surface area contributed by atoms with Crippen LogP contribution in [0, 0.1) is 11.7 Å². The van der Waals surface area contributed by atoms with Crippen LogP contribution in [0.3, 0.4) is 0 Å². The van der Waals surface area contributed by atoms with Crippen LogP contribution in [0.25, 0.3) is 0 Å². The zero-order chi connectivity index (χ0) is 14.5. The standard InChI is InChI=1S/C16H23FN2O/c1-2-12-3-6-16(20)19(8-7-12)11-13-4-5-15(17)9-14(13)10-18/h4-5,9,12H,2-3,6-8,10-11,18H2,1H3. The van der Waals surface area contributed by atoms with E-state index in [4.69, 9.17) is 5.73 Å². The molecule has 1 amide bonds. The van der Waals surface area contributed by atoms with Crippen molar-refractivity contribution in [3.05, 3.63) is 35.1 Å². The van der Waals surface area contributed by atoms with Crippen LogP contribution in [-0.4, -0.2) is 17.4 Å². The molecule has 1 fully saturated rings. The summed E-state index contributed by atoms with van der Waals surface area (Å²) in [6.45, 7) is 3.81. The number of nitrogens with two attached hydrogens (primary N) is 1. The highest BCUT2D eigenvalue weighted by Crippen LogP contribution is 2.23. The zero-order valence-electron chi connectivity index (χ0n) is 12.1. The number of rotatable bonds is 4. The highest BCUT2D eigenvalue weighted by Gasteiger charge is 2.22. The number of hydrogen-bond acceptors (Lipinski definition) is 2. The van der Waals surface area contributed by atoms with Crippen molar-refractivity contribution in [1.29, 1.82) is 0 Å². The van der Waals surface area contributed by atoms with E-state index < -0.39 is 0 Å². The first-order valence-electron chi connectivity index (χ1n) is 7.39. The molecule has 110 valence electrons. The van der Waals surface area contributed by atoms with Gasteiger partial charge in [0.2, 0.25) is 5.91 Å². The van der Waals surface area contributed by atoms with Gasteiger partial charge in [-0.25, -0.2) is 4.39 Å². The molecule has 1 aromatic rings. The van der Waals surface area contributed by atoms with Crippen LogP contribution in [0.15, 0.2) is 18.2 Å². The molecule has 1 aliphatic rings. The Morgan fingerprint density at radius 2 is 2.15 bits per heavy atom. The molecular formula is C16H23FN2O. The van der Waals surface area contributed by atoms with Crippen molar-refractivity contribution in [3.63, 3.8) is 0 Å². The average molecular weight is 278 g/mol. The van der Waals surface area contributed by atoms with Crippen LogP contribution in [0.2, 0.25) is 0 Å². The minimum atomic E-state index is -0.276. The average Bonchev–Trinajstić information content (AvgIpc) is 2.63. The molecule has 0 bridgehead atoms. The van der Waals surface area contributed by atoms with Crippen molar-refractivity contribution in [1.82, 2.24) is 4.90 Å². The number of halogens is 1. The summed E-state index contributed by atoms with van der Waals surface area (Å²) in [5.74, 6) is 0.571. The van der Waals surface area contributed by atoms with Gasteiger partial charge < -0.3 is 10.6 Å². The van der Waals surface area contributed by atoms with Gasteiger partial charge in [-0.1, -0.05) is 19.4 Å². The van der Waals surface area contributed by atoms with E-state index in [-0.39, 0.29) is 11.7 Å². The molecule has 4 heteroatoms. The Kier molecular flexibility index (Phi) is 5.12. The lowest BCUT2D eigenvalue weighted by Gasteiger charge is -2.22. The third-order valence-corrected chi connectivity index (χ3v) is 4.25. The Morgan fingerprint density at radius 3 is 2.85 bits per heavy atom. The van der Waals surface area contributed by atoms with Crippen molar-refractivity contribution in [3.8, 4) is 0 Å². The number of carbonyl (C=O) groups excluding carboxylic acids is 1. The maximum atomic E-state index is 13.2. The van der Waals surface area contributed by atoms with Crippen LogP contribution in [0.4, 0.5) is 4.39 Å². The van der Waals surface area contributed by atoms with Gasteiger partial charge in [0.25, 0.3) is 0 Å². The fourth-order valence-corrected chi connectivity index (χ4v) is 2.81. The Morgan fingerprint density at radius 1 is 1.35 bits per heavy atom. The molecule has 1 aliphatic heterocycles. The second kappa shape index (κ2) is 6.84. The Labute approximate surface area is 120 Å². The molecule has 0 saturated carbocycles. The molecule has 0 radical (unpaired) electrons. The summed E-state index contributed by atoms with van der Waals surface area (Å²) >= 11 is 0. The SMILES string of the molecule is CCC1CCC(=O)N(Cc2ccc(F)cc2CN)CC1. The van der Waals surface area contributed by atoms with Crippen LogP contribution >= 0.6 is 0 Å². The molecule has 1 unspecified atom stereocenters. The summed E-state index contributed by atoms with van der Waals surface area (Å²) < 4.78 is 13.2. The van der Waals surface area contributed by atoms with E-state index >= 15 is 0 Å². The summed E-state index contributed by atoms with van der Waals surface area (Å²) in [5.41, 5.74) is 7.41. The van der Waals surface area contributed by atoms with Crippen LogP contribution in [-0.2, 0) is 17.9 Å². The lowest BCUT2D eigenvalue weighted by atomic mass is 9.98. The molecule has 1 atom stereocenters. The normalized spacial score (nSPS) is 20.1. The summed E-state index contributed by atoms with van der Waals surface area (Å²) in [6.07, 6.45) is 3.80. The minimum Gasteiger partial charge on any atom is -0.338 e. The lowest BCUT2D eigenvalue weighted by molar-refractivity contribution is -0.131. The molecule has 0 aromatic heterocycles. The number of nitrogens with zero attached hydrogens (tertiary/aromatic N) is 1. The molecule has 1 heterocycles. The highest BCUT2D eigenvalue weighted by molar-refractivity contribution is 5.76. The largest absolute Gasteiger partial charge is 0.338 e. The maximum absolute atomic E-state index is 13.2. The fraction of sp³-hybridized carbons (Fsp3) is 0.562. The van der Waals surface area contributed by atoms with Gasteiger partial charge in [-0.2, -0.15) is 0 Å². The first-order chi connectivity index (χ1) is 9.63. The topological polar surface area (TPSA) is 46.3 Å². The monoisotopic (exact) mass is 278 g/mol. The predicted molar refractivity (Wildman–Crippen MR) is 77.3 cm³/mol. The Hall–Kier alpha value is -1.42. The first kappa shape index (κ1) is 15.0. The van der Waals surface area contributed by atoms with E-state index in [1.807, 2.05) is 4.90 Å². The number of hydrogen-bond donors (Lipinski definition) is 1. The Bertz CT molecular complexity index is 476. The van der Waals surface area contributed by atoms with E-state index in [2.05, 4.69) is 6.92 Å². The van der Waals surface area contributed by atoms with E-state index in [0.29, 0.717) is 25.4 Å². The molecule has 20 heavy (non-hydrogen) atoms. The third kappa shape index (κ3) is 3.57. The molecule has 2 rings (SSSR count). The van der Waals surface area contributed by atoms with Gasteiger partial charge in [-0.05, 0) is 42.0 Å². The van der Waals surface area contributed by atoms with Gasteiger partial charge in [-0.3, -0.25) is 4.79 Å². The van der Waals surface area contributed by atoms with Gasteiger partial charge in [0, 0.05) is 26.1 Å².